The zero-order chi connectivity index (χ0) is 14.6. The first-order valence-corrected chi connectivity index (χ1v) is 10.2. The van der Waals surface area contributed by atoms with Crippen molar-refractivity contribution in [3.05, 3.63) is 0 Å². The first-order valence-electron chi connectivity index (χ1n) is 7.34. The Balaban J connectivity index is 2.01. The molecule has 1 amide bonds. The van der Waals surface area contributed by atoms with Gasteiger partial charge in [0.2, 0.25) is 5.91 Å². The van der Waals surface area contributed by atoms with Crippen LogP contribution in [0.15, 0.2) is 0 Å². The van der Waals surface area contributed by atoms with Gasteiger partial charge in [0.05, 0.1) is 0 Å². The molecule has 0 saturated carbocycles. The van der Waals surface area contributed by atoms with Gasteiger partial charge in [0.25, 0.3) is 0 Å². The third-order valence-corrected chi connectivity index (χ3v) is 7.43. The zero-order valence-electron chi connectivity index (χ0n) is 12.0. The Morgan fingerprint density at radius 2 is 2.05 bits per heavy atom. The van der Waals surface area contributed by atoms with Crippen molar-refractivity contribution in [3.8, 4) is 0 Å². The smallest absolute Gasteiger partial charge is 0.223 e. The number of nitrogens with zero attached hydrogens (tertiary/aromatic N) is 1. The van der Waals surface area contributed by atoms with E-state index >= 15 is 0 Å². The van der Waals surface area contributed by atoms with Gasteiger partial charge in [-0.15, -0.1) is 0 Å². The van der Waals surface area contributed by atoms with E-state index in [-0.39, 0.29) is 11.7 Å². The highest BCUT2D eigenvalue weighted by molar-refractivity contribution is 8.01. The van der Waals surface area contributed by atoms with Crippen LogP contribution >= 0.6 is 11.8 Å². The molecule has 2 aliphatic heterocycles. The maximum absolute atomic E-state index is 12.5. The van der Waals surface area contributed by atoms with Crippen LogP contribution in [-0.2, 0) is 14.6 Å². The molecule has 5 nitrogen and oxygen atoms in total. The average molecular weight is 320 g/mol. The molecule has 0 aromatic rings. The second kappa shape index (κ2) is 7.13. The SMILES string of the molecule is CCS(=O)(=O)C1CSCCN1C(=O)CC1CCNCC1. The van der Waals surface area contributed by atoms with E-state index in [1.165, 1.54) is 0 Å². The quantitative estimate of drug-likeness (QED) is 0.826. The lowest BCUT2D eigenvalue weighted by molar-refractivity contribution is -0.132. The van der Waals surface area contributed by atoms with Gasteiger partial charge >= 0.3 is 0 Å². The van der Waals surface area contributed by atoms with Crippen LogP contribution in [0.4, 0.5) is 0 Å². The fraction of sp³-hybridized carbons (Fsp3) is 0.923. The van der Waals surface area contributed by atoms with E-state index in [1.54, 1.807) is 23.6 Å². The van der Waals surface area contributed by atoms with Crippen LogP contribution in [0.3, 0.4) is 0 Å². The van der Waals surface area contributed by atoms with E-state index in [2.05, 4.69) is 5.32 Å². The second-order valence-corrected chi connectivity index (χ2v) is 9.06. The molecule has 20 heavy (non-hydrogen) atoms. The monoisotopic (exact) mass is 320 g/mol. The molecule has 1 unspecified atom stereocenters. The predicted octanol–water partition coefficient (Wildman–Crippen LogP) is 0.712. The molecule has 116 valence electrons. The van der Waals surface area contributed by atoms with Crippen LogP contribution in [0.2, 0.25) is 0 Å². The Hall–Kier alpha value is -0.270. The topological polar surface area (TPSA) is 66.5 Å². The van der Waals surface area contributed by atoms with Crippen molar-refractivity contribution in [2.75, 3.05) is 36.9 Å². The number of carbonyl (C=O) groups is 1. The standard InChI is InChI=1S/C13H24N2O3S2/c1-2-20(17,18)13-10-19-8-7-15(13)12(16)9-11-3-5-14-6-4-11/h11,13-14H,2-10H2,1H3. The summed E-state index contributed by atoms with van der Waals surface area (Å²) in [6, 6.07) is 0. The fourth-order valence-electron chi connectivity index (χ4n) is 2.81. The first kappa shape index (κ1) is 16.1. The number of hydrogen-bond donors (Lipinski definition) is 1. The molecule has 0 aromatic carbocycles. The number of sulfone groups is 1. The number of rotatable bonds is 4. The molecule has 2 rings (SSSR count). The molecule has 2 fully saturated rings. The number of thioether (sulfide) groups is 1. The lowest BCUT2D eigenvalue weighted by atomic mass is 9.94. The highest BCUT2D eigenvalue weighted by atomic mass is 32.2. The molecular weight excluding hydrogens is 296 g/mol. The Labute approximate surface area is 125 Å². The summed E-state index contributed by atoms with van der Waals surface area (Å²) < 4.78 is 24.3. The lowest BCUT2D eigenvalue weighted by Crippen LogP contribution is -2.51. The van der Waals surface area contributed by atoms with Gasteiger partial charge in [0, 0.05) is 30.2 Å². The third kappa shape index (κ3) is 3.89. The van der Waals surface area contributed by atoms with Crippen LogP contribution in [0.25, 0.3) is 0 Å². The van der Waals surface area contributed by atoms with Crippen molar-refractivity contribution in [3.63, 3.8) is 0 Å². The molecule has 0 bridgehead atoms. The number of amides is 1. The van der Waals surface area contributed by atoms with Crippen LogP contribution in [0.1, 0.15) is 26.2 Å². The lowest BCUT2D eigenvalue weighted by Gasteiger charge is -2.36. The van der Waals surface area contributed by atoms with E-state index < -0.39 is 15.2 Å². The van der Waals surface area contributed by atoms with Gasteiger partial charge < -0.3 is 10.2 Å². The molecule has 0 aliphatic carbocycles. The van der Waals surface area contributed by atoms with Gasteiger partial charge in [-0.1, -0.05) is 6.92 Å². The highest BCUT2D eigenvalue weighted by Crippen LogP contribution is 2.24. The number of carbonyl (C=O) groups excluding carboxylic acids is 1. The van der Waals surface area contributed by atoms with E-state index in [0.717, 1.165) is 31.7 Å². The van der Waals surface area contributed by atoms with Crippen molar-refractivity contribution in [2.24, 2.45) is 5.92 Å². The van der Waals surface area contributed by atoms with Crippen molar-refractivity contribution in [1.82, 2.24) is 10.2 Å². The van der Waals surface area contributed by atoms with Crippen molar-refractivity contribution >= 4 is 27.5 Å². The van der Waals surface area contributed by atoms with E-state index in [4.69, 9.17) is 0 Å². The maximum atomic E-state index is 12.5. The number of hydrogen-bond acceptors (Lipinski definition) is 5. The molecule has 2 aliphatic rings. The molecular formula is C13H24N2O3S2. The van der Waals surface area contributed by atoms with Crippen LogP contribution in [0.5, 0.6) is 0 Å². The summed E-state index contributed by atoms with van der Waals surface area (Å²) in [6.45, 7) is 4.15. The summed E-state index contributed by atoms with van der Waals surface area (Å²) in [4.78, 5) is 14.1. The Kier molecular flexibility index (Phi) is 5.74. The molecule has 1 N–H and O–H groups in total. The molecule has 1 atom stereocenters. The van der Waals surface area contributed by atoms with Gasteiger partial charge in [-0.3, -0.25) is 4.79 Å². The molecule has 7 heteroatoms. The summed E-state index contributed by atoms with van der Waals surface area (Å²) in [5.74, 6) is 1.90. The fourth-order valence-corrected chi connectivity index (χ4v) is 5.79. The Morgan fingerprint density at radius 1 is 1.35 bits per heavy atom. The molecule has 2 saturated heterocycles. The summed E-state index contributed by atoms with van der Waals surface area (Å²) in [7, 11) is -3.18. The molecule has 2 heterocycles. The Bertz CT molecular complexity index is 433. The van der Waals surface area contributed by atoms with Gasteiger partial charge in [-0.25, -0.2) is 8.42 Å². The van der Waals surface area contributed by atoms with Gasteiger partial charge in [-0.05, 0) is 31.8 Å². The first-order chi connectivity index (χ1) is 9.54. The largest absolute Gasteiger partial charge is 0.324 e. The molecule has 0 radical (unpaired) electrons. The van der Waals surface area contributed by atoms with Gasteiger partial charge in [-0.2, -0.15) is 11.8 Å². The van der Waals surface area contributed by atoms with E-state index in [1.807, 2.05) is 0 Å². The summed E-state index contributed by atoms with van der Waals surface area (Å²) >= 11 is 1.63. The Morgan fingerprint density at radius 3 is 2.70 bits per heavy atom. The van der Waals surface area contributed by atoms with Crippen LogP contribution in [0, 0.1) is 5.92 Å². The minimum atomic E-state index is -3.18. The van der Waals surface area contributed by atoms with Gasteiger partial charge in [0.1, 0.15) is 5.37 Å². The second-order valence-electron chi connectivity index (χ2n) is 5.47. The summed E-state index contributed by atoms with van der Waals surface area (Å²) in [6.07, 6.45) is 2.53. The van der Waals surface area contributed by atoms with E-state index in [9.17, 15) is 13.2 Å². The van der Waals surface area contributed by atoms with Crippen molar-refractivity contribution in [2.45, 2.75) is 31.6 Å². The maximum Gasteiger partial charge on any atom is 0.223 e. The molecule has 0 aromatic heterocycles. The van der Waals surface area contributed by atoms with Crippen LogP contribution < -0.4 is 5.32 Å². The number of piperidine rings is 1. The average Bonchev–Trinajstić information content (AvgIpc) is 2.48. The predicted molar refractivity (Wildman–Crippen MR) is 82.5 cm³/mol. The minimum Gasteiger partial charge on any atom is -0.324 e. The number of nitrogens with one attached hydrogen (secondary N) is 1. The third-order valence-electron chi connectivity index (χ3n) is 4.14. The van der Waals surface area contributed by atoms with Crippen molar-refractivity contribution < 1.29 is 13.2 Å². The van der Waals surface area contributed by atoms with Crippen LogP contribution in [-0.4, -0.2) is 61.5 Å². The zero-order valence-corrected chi connectivity index (χ0v) is 13.6. The van der Waals surface area contributed by atoms with E-state index in [0.29, 0.717) is 24.6 Å². The summed E-state index contributed by atoms with van der Waals surface area (Å²) in [5, 5.41) is 2.67. The molecule has 0 spiro atoms. The normalized spacial score (nSPS) is 25.6. The minimum absolute atomic E-state index is 0.0271. The van der Waals surface area contributed by atoms with Gasteiger partial charge in [0.15, 0.2) is 9.84 Å². The highest BCUT2D eigenvalue weighted by Gasteiger charge is 2.36. The summed E-state index contributed by atoms with van der Waals surface area (Å²) in [5.41, 5.74) is 0. The van der Waals surface area contributed by atoms with Crippen molar-refractivity contribution in [1.29, 1.82) is 0 Å².